The summed E-state index contributed by atoms with van der Waals surface area (Å²) in [6.07, 6.45) is 0.176. The fourth-order valence-electron chi connectivity index (χ4n) is 2.93. The van der Waals surface area contributed by atoms with Gasteiger partial charge < -0.3 is 14.2 Å². The van der Waals surface area contributed by atoms with Crippen molar-refractivity contribution in [2.45, 2.75) is 32.5 Å². The molecule has 4 nitrogen and oxygen atoms in total. The second kappa shape index (κ2) is 7.01. The van der Waals surface area contributed by atoms with Crippen LogP contribution < -0.4 is 5.62 Å². The van der Waals surface area contributed by atoms with Crippen LogP contribution >= 0.6 is 23.2 Å². The Morgan fingerprint density at radius 1 is 1.04 bits per heavy atom. The fourth-order valence-corrected chi connectivity index (χ4v) is 3.23. The molecule has 0 aliphatic heterocycles. The van der Waals surface area contributed by atoms with E-state index in [2.05, 4.69) is 6.92 Å². The maximum Gasteiger partial charge on any atom is 0.203 e. The van der Waals surface area contributed by atoms with Gasteiger partial charge in [-0.1, -0.05) is 48.3 Å². The molecule has 1 atom stereocenters. The number of hydrogen-bond acceptors (Lipinski definition) is 2. The minimum Gasteiger partial charge on any atom is -0.387 e. The van der Waals surface area contributed by atoms with Crippen LogP contribution in [0.5, 0.6) is 0 Å². The first-order valence-electron chi connectivity index (χ1n) is 7.88. The number of aliphatic hydroxyl groups is 1. The third-order valence-electron chi connectivity index (χ3n) is 4.11. The Labute approximate surface area is 150 Å². The number of benzene rings is 2. The van der Waals surface area contributed by atoms with Gasteiger partial charge in [-0.05, 0) is 36.2 Å². The van der Waals surface area contributed by atoms with Crippen LogP contribution in [0.25, 0.3) is 11.0 Å². The van der Waals surface area contributed by atoms with Gasteiger partial charge in [-0.2, -0.15) is 0 Å². The number of imidazole rings is 1. The molecule has 0 saturated carbocycles. The summed E-state index contributed by atoms with van der Waals surface area (Å²) in [5, 5.41) is 19.9. The molecule has 3 aromatic rings. The maximum atomic E-state index is 10.6. The topological polar surface area (TPSA) is 53.9 Å². The summed E-state index contributed by atoms with van der Waals surface area (Å²) < 4.78 is 3.80. The number of hydrogen-bond donors (Lipinski definition) is 2. The van der Waals surface area contributed by atoms with E-state index < -0.39 is 6.10 Å². The minimum atomic E-state index is -0.769. The molecule has 126 valence electrons. The number of nitrogens with zero attached hydrogens (tertiary/aromatic N) is 2. The van der Waals surface area contributed by atoms with Crippen molar-refractivity contribution in [2.24, 2.45) is 0 Å². The molecule has 0 fully saturated rings. The summed E-state index contributed by atoms with van der Waals surface area (Å²) in [5.41, 5.74) is 3.02. The van der Waals surface area contributed by atoms with E-state index in [4.69, 9.17) is 28.6 Å². The summed E-state index contributed by atoms with van der Waals surface area (Å²) in [6, 6.07) is 13.0. The highest BCUT2D eigenvalue weighted by atomic mass is 35.5. The Kier molecular flexibility index (Phi) is 4.99. The Morgan fingerprint density at radius 3 is 2.33 bits per heavy atom. The van der Waals surface area contributed by atoms with Gasteiger partial charge in [0.15, 0.2) is 0 Å². The number of nitrogens with one attached hydrogen (secondary N) is 1. The smallest absolute Gasteiger partial charge is 0.203 e. The molecule has 0 radical (unpaired) electrons. The summed E-state index contributed by atoms with van der Waals surface area (Å²) in [7, 11) is 0. The molecule has 1 heterocycles. The lowest BCUT2D eigenvalue weighted by molar-refractivity contribution is 0.155. The Bertz CT molecular complexity index is 930. The number of halogens is 2. The zero-order chi connectivity index (χ0) is 17.3. The van der Waals surface area contributed by atoms with Gasteiger partial charge >= 0.3 is 0 Å². The first-order valence-corrected chi connectivity index (χ1v) is 8.64. The second-order valence-electron chi connectivity index (χ2n) is 5.76. The molecule has 2 aromatic carbocycles. The zero-order valence-electron chi connectivity index (χ0n) is 13.3. The average molecular weight is 364 g/mol. The van der Waals surface area contributed by atoms with Crippen LogP contribution in [0.4, 0.5) is 0 Å². The van der Waals surface area contributed by atoms with E-state index in [9.17, 15) is 5.11 Å². The lowest BCUT2D eigenvalue weighted by Gasteiger charge is -2.13. The Balaban J connectivity index is 2.02. The molecule has 1 aromatic heterocycles. The van der Waals surface area contributed by atoms with Gasteiger partial charge in [0.25, 0.3) is 0 Å². The second-order valence-corrected chi connectivity index (χ2v) is 6.58. The Morgan fingerprint density at radius 2 is 1.71 bits per heavy atom. The molecule has 24 heavy (non-hydrogen) atoms. The van der Waals surface area contributed by atoms with Crippen molar-refractivity contribution >= 4 is 34.2 Å². The van der Waals surface area contributed by atoms with Crippen LogP contribution in [0.1, 0.15) is 25.0 Å². The highest BCUT2D eigenvalue weighted by molar-refractivity contribution is 6.42. The predicted molar refractivity (Wildman–Crippen MR) is 97.5 cm³/mol. The zero-order valence-corrected chi connectivity index (χ0v) is 14.8. The van der Waals surface area contributed by atoms with Crippen LogP contribution in [-0.4, -0.2) is 14.2 Å². The van der Waals surface area contributed by atoms with Gasteiger partial charge in [-0.3, -0.25) is 5.41 Å². The predicted octanol–water partition coefficient (Wildman–Crippen LogP) is 4.37. The number of aliphatic hydroxyl groups excluding tert-OH is 1. The molecular formula is C18H19Cl2N3O. The van der Waals surface area contributed by atoms with E-state index in [0.29, 0.717) is 21.2 Å². The van der Waals surface area contributed by atoms with Gasteiger partial charge in [0.1, 0.15) is 0 Å². The summed E-state index contributed by atoms with van der Waals surface area (Å²) in [4.78, 5) is 0. The molecule has 3 rings (SSSR count). The molecule has 0 aliphatic carbocycles. The number of fused-ring (bicyclic) bond motifs is 1. The van der Waals surface area contributed by atoms with E-state index in [0.717, 1.165) is 24.0 Å². The van der Waals surface area contributed by atoms with Crippen molar-refractivity contribution in [3.63, 3.8) is 0 Å². The van der Waals surface area contributed by atoms with Crippen molar-refractivity contribution < 1.29 is 5.11 Å². The lowest BCUT2D eigenvalue weighted by atomic mass is 10.1. The number of aromatic nitrogens is 2. The van der Waals surface area contributed by atoms with Gasteiger partial charge in [-0.25, -0.2) is 0 Å². The summed E-state index contributed by atoms with van der Waals surface area (Å²) in [5.74, 6) is 0. The average Bonchev–Trinajstić information content (AvgIpc) is 2.83. The van der Waals surface area contributed by atoms with Crippen LogP contribution in [-0.2, 0) is 13.1 Å². The van der Waals surface area contributed by atoms with Crippen molar-refractivity contribution in [3.05, 3.63) is 63.7 Å². The van der Waals surface area contributed by atoms with Crippen molar-refractivity contribution in [1.82, 2.24) is 9.13 Å². The SMILES string of the molecule is CCCn1c(=N)n(C[C@@H](O)c2ccc(Cl)c(Cl)c2)c2ccccc21. The van der Waals surface area contributed by atoms with Gasteiger partial charge in [0, 0.05) is 6.54 Å². The molecule has 6 heteroatoms. The molecule has 0 aliphatic rings. The largest absolute Gasteiger partial charge is 0.387 e. The number of aryl methyl sites for hydroxylation is 1. The molecular weight excluding hydrogens is 345 g/mol. The minimum absolute atomic E-state index is 0.286. The lowest BCUT2D eigenvalue weighted by Crippen LogP contribution is -2.26. The van der Waals surface area contributed by atoms with Gasteiger partial charge in [0.2, 0.25) is 5.62 Å². The van der Waals surface area contributed by atoms with Gasteiger partial charge in [-0.15, -0.1) is 0 Å². The fraction of sp³-hybridized carbons (Fsp3) is 0.278. The summed E-state index contributed by atoms with van der Waals surface area (Å²) >= 11 is 12.0. The molecule has 0 saturated heterocycles. The monoisotopic (exact) mass is 363 g/mol. The normalized spacial score (nSPS) is 12.7. The van der Waals surface area contributed by atoms with Crippen molar-refractivity contribution in [1.29, 1.82) is 5.41 Å². The highest BCUT2D eigenvalue weighted by Crippen LogP contribution is 2.26. The quantitative estimate of drug-likeness (QED) is 0.694. The van der Waals surface area contributed by atoms with Crippen LogP contribution in [0.15, 0.2) is 42.5 Å². The highest BCUT2D eigenvalue weighted by Gasteiger charge is 2.15. The third kappa shape index (κ3) is 3.09. The molecule has 2 N–H and O–H groups in total. The van der Waals surface area contributed by atoms with E-state index in [1.54, 1.807) is 18.2 Å². The first kappa shape index (κ1) is 17.1. The van der Waals surface area contributed by atoms with E-state index in [-0.39, 0.29) is 6.54 Å². The van der Waals surface area contributed by atoms with Crippen LogP contribution in [0, 0.1) is 5.41 Å². The van der Waals surface area contributed by atoms with E-state index >= 15 is 0 Å². The summed E-state index contributed by atoms with van der Waals surface area (Å²) in [6.45, 7) is 3.15. The van der Waals surface area contributed by atoms with Crippen LogP contribution in [0.3, 0.4) is 0 Å². The van der Waals surface area contributed by atoms with Crippen molar-refractivity contribution in [3.8, 4) is 0 Å². The molecule has 0 spiro atoms. The van der Waals surface area contributed by atoms with E-state index in [1.807, 2.05) is 33.4 Å². The standard InChI is InChI=1S/C18H19Cl2N3O/c1-2-9-22-15-5-3-4-6-16(15)23(18(22)21)11-17(24)12-7-8-13(19)14(20)10-12/h3-8,10,17,21,24H,2,9,11H2,1H3/t17-/m1/s1. The first-order chi connectivity index (χ1) is 11.5. The van der Waals surface area contributed by atoms with Crippen LogP contribution in [0.2, 0.25) is 10.0 Å². The molecule has 0 amide bonds. The molecule has 0 unspecified atom stereocenters. The maximum absolute atomic E-state index is 10.6. The van der Waals surface area contributed by atoms with Gasteiger partial charge in [0.05, 0.1) is 33.7 Å². The Hall–Kier alpha value is -1.75. The molecule has 0 bridgehead atoms. The van der Waals surface area contributed by atoms with Crippen molar-refractivity contribution in [2.75, 3.05) is 0 Å². The third-order valence-corrected chi connectivity index (χ3v) is 4.84. The number of rotatable bonds is 5. The number of para-hydroxylation sites is 2. The van der Waals surface area contributed by atoms with E-state index in [1.165, 1.54) is 0 Å².